The smallest absolute Gasteiger partial charge is 0.459 e. The van der Waals surface area contributed by atoms with Crippen molar-refractivity contribution in [3.05, 3.63) is 63.4 Å². The third-order valence-corrected chi connectivity index (χ3v) is 7.75. The molecular weight excluding hydrogens is 531 g/mol. The maximum absolute atomic E-state index is 13.8. The van der Waals surface area contributed by atoms with E-state index in [9.17, 15) is 24.1 Å². The Morgan fingerprint density at radius 2 is 1.95 bits per heavy atom. The van der Waals surface area contributed by atoms with E-state index in [1.807, 2.05) is 20.8 Å². The molecule has 2 heterocycles. The van der Waals surface area contributed by atoms with Crippen LogP contribution in [0.25, 0.3) is 0 Å². The Labute approximate surface area is 226 Å². The van der Waals surface area contributed by atoms with Crippen LogP contribution >= 0.6 is 7.75 Å². The quantitative estimate of drug-likeness (QED) is 0.228. The lowest BCUT2D eigenvalue weighted by Crippen LogP contribution is -2.53. The third kappa shape index (κ3) is 8.10. The van der Waals surface area contributed by atoms with Crippen molar-refractivity contribution in [1.29, 1.82) is 0 Å². The molecule has 6 atom stereocenters. The molecule has 1 aromatic carbocycles. The number of aliphatic hydroxyl groups is 1. The molecule has 0 aliphatic carbocycles. The van der Waals surface area contributed by atoms with Crippen molar-refractivity contribution in [3.63, 3.8) is 0 Å². The lowest BCUT2D eigenvalue weighted by molar-refractivity contribution is -0.146. The minimum absolute atomic E-state index is 0.0383. The van der Waals surface area contributed by atoms with E-state index >= 15 is 0 Å². The van der Waals surface area contributed by atoms with E-state index < -0.39 is 61.6 Å². The van der Waals surface area contributed by atoms with Crippen LogP contribution in [-0.2, 0) is 23.4 Å². The minimum atomic E-state index is -4.24. The van der Waals surface area contributed by atoms with Gasteiger partial charge in [0.25, 0.3) is 5.56 Å². The zero-order valence-electron chi connectivity index (χ0n) is 22.7. The first-order valence-electron chi connectivity index (χ1n) is 12.5. The number of hydrogen-bond acceptors (Lipinski definition) is 10. The molecule has 216 valence electrons. The standard InChI is InChI=1S/C25H37N4O9P/c1-16(21(32)35-14-12-24(2,3)4)28-39(34,38-17-9-7-6-8-10-17)36-15-18-20(31)25(5,26)22(37-18)29-13-11-19(30)27-23(29)33/h6-11,13,16,18,20,22,31H,12,14-15,26H2,1-5H3,(H,28,34)(H,27,30,33)/t16-,18+,20+,22+,25+,39?/m0/s1. The predicted molar refractivity (Wildman–Crippen MR) is 142 cm³/mol. The van der Waals surface area contributed by atoms with Gasteiger partial charge in [-0.3, -0.25) is 23.7 Å². The summed E-state index contributed by atoms with van der Waals surface area (Å²) >= 11 is 0. The Morgan fingerprint density at radius 3 is 2.56 bits per heavy atom. The first kappa shape index (κ1) is 30.7. The number of aromatic nitrogens is 2. The lowest BCUT2D eigenvalue weighted by atomic mass is 9.93. The van der Waals surface area contributed by atoms with E-state index in [1.165, 1.54) is 20.0 Å². The van der Waals surface area contributed by atoms with Gasteiger partial charge in [0.2, 0.25) is 0 Å². The van der Waals surface area contributed by atoms with Gasteiger partial charge in [-0.15, -0.1) is 0 Å². The maximum Gasteiger partial charge on any atom is 0.459 e. The van der Waals surface area contributed by atoms with Gasteiger partial charge in [0, 0.05) is 12.3 Å². The predicted octanol–water partition coefficient (Wildman–Crippen LogP) is 1.67. The van der Waals surface area contributed by atoms with Crippen LogP contribution in [0.5, 0.6) is 5.75 Å². The second-order valence-corrected chi connectivity index (χ2v) is 12.6. The number of aliphatic hydroxyl groups excluding tert-OH is 1. The van der Waals surface area contributed by atoms with Crippen molar-refractivity contribution in [1.82, 2.24) is 14.6 Å². The van der Waals surface area contributed by atoms with E-state index in [0.29, 0.717) is 6.42 Å². The molecule has 39 heavy (non-hydrogen) atoms. The third-order valence-electron chi connectivity index (χ3n) is 6.11. The summed E-state index contributed by atoms with van der Waals surface area (Å²) in [6.45, 7) is 8.67. The second-order valence-electron chi connectivity index (χ2n) is 10.9. The van der Waals surface area contributed by atoms with Crippen LogP contribution in [0.2, 0.25) is 0 Å². The number of carbonyl (C=O) groups is 1. The van der Waals surface area contributed by atoms with E-state index in [1.54, 1.807) is 30.3 Å². The molecule has 0 amide bonds. The lowest BCUT2D eigenvalue weighted by Gasteiger charge is -2.28. The second kappa shape index (κ2) is 12.2. The fraction of sp³-hybridized carbons (Fsp3) is 0.560. The number of para-hydroxylation sites is 1. The molecule has 0 spiro atoms. The first-order valence-corrected chi connectivity index (χ1v) is 14.0. The van der Waals surface area contributed by atoms with Crippen molar-refractivity contribution < 1.29 is 33.0 Å². The molecule has 3 rings (SSSR count). The minimum Gasteiger partial charge on any atom is -0.465 e. The Bertz CT molecular complexity index is 1290. The molecule has 1 fully saturated rings. The zero-order chi connectivity index (χ0) is 29.0. The fourth-order valence-electron chi connectivity index (χ4n) is 3.80. The Kier molecular flexibility index (Phi) is 9.58. The number of rotatable bonds is 11. The molecule has 1 aliphatic heterocycles. The SMILES string of the molecule is C[C@H](NP(=O)(OC[C@H]1O[C@@H](n2ccc(=O)[nH]c2=O)[C@](C)(N)[C@@H]1O)Oc1ccccc1)C(=O)OCCC(C)(C)C. The molecule has 1 aliphatic rings. The number of ether oxygens (including phenoxy) is 2. The van der Waals surface area contributed by atoms with Gasteiger partial charge < -0.3 is 24.8 Å². The molecule has 0 bridgehead atoms. The van der Waals surface area contributed by atoms with Crippen molar-refractivity contribution in [2.75, 3.05) is 13.2 Å². The Hall–Kier alpha value is -2.80. The number of nitrogens with two attached hydrogens (primary N) is 1. The van der Waals surface area contributed by atoms with Crippen molar-refractivity contribution in [3.8, 4) is 5.75 Å². The van der Waals surface area contributed by atoms with Crippen LogP contribution in [0.4, 0.5) is 0 Å². The molecule has 2 aromatic rings. The Morgan fingerprint density at radius 1 is 1.28 bits per heavy atom. The van der Waals surface area contributed by atoms with Crippen LogP contribution in [-0.4, -0.2) is 57.6 Å². The normalized spacial score (nSPS) is 25.6. The highest BCUT2D eigenvalue weighted by molar-refractivity contribution is 7.52. The molecule has 0 saturated carbocycles. The molecule has 13 nitrogen and oxygen atoms in total. The molecular formula is C25H37N4O9P. The van der Waals surface area contributed by atoms with Gasteiger partial charge in [0.05, 0.1) is 18.8 Å². The number of esters is 1. The van der Waals surface area contributed by atoms with Crippen molar-refractivity contribution in [2.24, 2.45) is 11.1 Å². The highest BCUT2D eigenvalue weighted by Gasteiger charge is 2.52. The van der Waals surface area contributed by atoms with E-state index in [-0.39, 0.29) is 17.8 Å². The van der Waals surface area contributed by atoms with Gasteiger partial charge in [-0.2, -0.15) is 5.09 Å². The summed E-state index contributed by atoms with van der Waals surface area (Å²) in [4.78, 5) is 38.4. The molecule has 1 unspecified atom stereocenters. The zero-order valence-corrected chi connectivity index (χ0v) is 23.6. The van der Waals surface area contributed by atoms with Crippen LogP contribution in [0, 0.1) is 5.41 Å². The van der Waals surface area contributed by atoms with Gasteiger partial charge in [-0.1, -0.05) is 39.0 Å². The van der Waals surface area contributed by atoms with Crippen LogP contribution < -0.4 is 26.6 Å². The highest BCUT2D eigenvalue weighted by Crippen LogP contribution is 2.46. The number of hydrogen-bond donors (Lipinski definition) is 4. The van der Waals surface area contributed by atoms with Gasteiger partial charge in [0.1, 0.15) is 24.0 Å². The largest absolute Gasteiger partial charge is 0.465 e. The van der Waals surface area contributed by atoms with Crippen LogP contribution in [0.1, 0.15) is 47.3 Å². The maximum atomic E-state index is 13.8. The van der Waals surface area contributed by atoms with Crippen LogP contribution in [0.15, 0.2) is 52.2 Å². The number of nitrogens with one attached hydrogen (secondary N) is 2. The first-order chi connectivity index (χ1) is 18.1. The topological polar surface area (TPSA) is 184 Å². The van der Waals surface area contributed by atoms with Crippen molar-refractivity contribution >= 4 is 13.7 Å². The van der Waals surface area contributed by atoms with Crippen LogP contribution in [0.3, 0.4) is 0 Å². The average Bonchev–Trinajstić information content (AvgIpc) is 3.06. The molecule has 0 radical (unpaired) electrons. The number of aromatic amines is 1. The summed E-state index contributed by atoms with van der Waals surface area (Å²) in [5.41, 5.74) is 3.38. The summed E-state index contributed by atoms with van der Waals surface area (Å²) in [6.07, 6.45) is -1.86. The Balaban J connectivity index is 1.75. The van der Waals surface area contributed by atoms with Gasteiger partial charge in [-0.05, 0) is 37.8 Å². The molecule has 5 N–H and O–H groups in total. The summed E-state index contributed by atoms with van der Waals surface area (Å²) < 4.78 is 37.2. The summed E-state index contributed by atoms with van der Waals surface area (Å²) in [5.74, 6) is -0.445. The van der Waals surface area contributed by atoms with E-state index in [0.717, 1.165) is 10.6 Å². The number of carbonyl (C=O) groups excluding carboxylic acids is 1. The number of benzene rings is 1. The highest BCUT2D eigenvalue weighted by atomic mass is 31.2. The summed E-state index contributed by atoms with van der Waals surface area (Å²) in [6, 6.07) is 8.23. The van der Waals surface area contributed by atoms with Crippen molar-refractivity contribution in [2.45, 2.75) is 71.1 Å². The summed E-state index contributed by atoms with van der Waals surface area (Å²) in [7, 11) is -4.24. The number of H-pyrrole nitrogens is 1. The van der Waals surface area contributed by atoms with Gasteiger partial charge >= 0.3 is 19.4 Å². The molecule has 14 heteroatoms. The summed E-state index contributed by atoms with van der Waals surface area (Å²) in [5, 5.41) is 13.5. The number of nitrogens with zero attached hydrogens (tertiary/aromatic N) is 1. The molecule has 1 saturated heterocycles. The van der Waals surface area contributed by atoms with Gasteiger partial charge in [-0.25, -0.2) is 9.36 Å². The van der Waals surface area contributed by atoms with Gasteiger partial charge in [0.15, 0.2) is 6.23 Å². The monoisotopic (exact) mass is 568 g/mol. The average molecular weight is 569 g/mol. The molecule has 1 aromatic heterocycles. The fourth-order valence-corrected chi connectivity index (χ4v) is 5.30. The van der Waals surface area contributed by atoms with E-state index in [4.69, 9.17) is 24.3 Å². The van der Waals surface area contributed by atoms with E-state index in [2.05, 4.69) is 10.1 Å².